The minimum atomic E-state index is -4.50. The molecule has 3 unspecified atom stereocenters. The van der Waals surface area contributed by atoms with Crippen LogP contribution in [0, 0.1) is 23.7 Å². The molecule has 0 radical (unpaired) electrons. The van der Waals surface area contributed by atoms with Gasteiger partial charge in [0.05, 0.1) is 6.61 Å². The summed E-state index contributed by atoms with van der Waals surface area (Å²) in [6.07, 6.45) is 5.57. The molecule has 22 heavy (non-hydrogen) atoms. The number of ether oxygens (including phenoxy) is 1. The molecule has 2 rings (SSSR count). The zero-order chi connectivity index (χ0) is 16.2. The standard InChI is InChI=1S/C17H26ClF3O/c1-2-3-12-6-9-15(16(18)10-12)14-7-4-13(5-8-14)11-22-17(19,20)21/h2,12-16H,1,3-11H2. The molecule has 0 aromatic heterocycles. The van der Waals surface area contributed by atoms with Gasteiger partial charge in [-0.3, -0.25) is 4.74 Å². The summed E-state index contributed by atoms with van der Waals surface area (Å²) in [5, 5.41) is 0.215. The molecule has 2 saturated carbocycles. The van der Waals surface area contributed by atoms with Crippen LogP contribution in [0.5, 0.6) is 0 Å². The Morgan fingerprint density at radius 2 is 1.68 bits per heavy atom. The fraction of sp³-hybridized carbons (Fsp3) is 0.882. The molecule has 0 saturated heterocycles. The molecule has 2 aliphatic rings. The van der Waals surface area contributed by atoms with E-state index in [1.165, 1.54) is 6.42 Å². The van der Waals surface area contributed by atoms with Crippen molar-refractivity contribution in [1.29, 1.82) is 0 Å². The van der Waals surface area contributed by atoms with Gasteiger partial charge in [-0.2, -0.15) is 0 Å². The highest BCUT2D eigenvalue weighted by atomic mass is 35.5. The van der Waals surface area contributed by atoms with Gasteiger partial charge in [0, 0.05) is 5.38 Å². The Labute approximate surface area is 136 Å². The van der Waals surface area contributed by atoms with Gasteiger partial charge in [-0.1, -0.05) is 6.08 Å². The van der Waals surface area contributed by atoms with Crippen LogP contribution in [-0.2, 0) is 4.74 Å². The highest BCUT2D eigenvalue weighted by Gasteiger charge is 2.37. The van der Waals surface area contributed by atoms with Crippen molar-refractivity contribution in [2.45, 2.75) is 63.1 Å². The average Bonchev–Trinajstić information content (AvgIpc) is 2.46. The summed E-state index contributed by atoms with van der Waals surface area (Å²) in [5.41, 5.74) is 0. The molecule has 3 atom stereocenters. The van der Waals surface area contributed by atoms with Gasteiger partial charge < -0.3 is 0 Å². The molecule has 0 aliphatic heterocycles. The van der Waals surface area contributed by atoms with Crippen molar-refractivity contribution >= 4 is 11.6 Å². The van der Waals surface area contributed by atoms with Crippen LogP contribution in [0.4, 0.5) is 13.2 Å². The normalized spacial score (nSPS) is 37.0. The van der Waals surface area contributed by atoms with Crippen molar-refractivity contribution in [2.75, 3.05) is 6.61 Å². The van der Waals surface area contributed by atoms with Gasteiger partial charge in [-0.25, -0.2) is 0 Å². The summed E-state index contributed by atoms with van der Waals surface area (Å²) in [6.45, 7) is 3.61. The summed E-state index contributed by atoms with van der Waals surface area (Å²) >= 11 is 6.60. The third-order valence-corrected chi connectivity index (χ3v) is 5.91. The molecule has 1 nitrogen and oxygen atoms in total. The number of hydrogen-bond donors (Lipinski definition) is 0. The zero-order valence-corrected chi connectivity index (χ0v) is 13.7. The number of rotatable bonds is 5. The summed E-state index contributed by atoms with van der Waals surface area (Å²) in [6, 6.07) is 0. The Balaban J connectivity index is 1.74. The number of allylic oxidation sites excluding steroid dienone is 1. The first-order chi connectivity index (χ1) is 10.4. The molecule has 0 spiro atoms. The molecule has 0 heterocycles. The fourth-order valence-corrected chi connectivity index (χ4v) is 4.78. The van der Waals surface area contributed by atoms with E-state index in [0.717, 1.165) is 44.9 Å². The maximum Gasteiger partial charge on any atom is 0.522 e. The molecule has 2 fully saturated rings. The molecule has 0 amide bonds. The van der Waals surface area contributed by atoms with Crippen LogP contribution >= 0.6 is 11.6 Å². The monoisotopic (exact) mass is 338 g/mol. The van der Waals surface area contributed by atoms with E-state index in [4.69, 9.17) is 11.6 Å². The molecule has 128 valence electrons. The Bertz CT molecular complexity index is 350. The van der Waals surface area contributed by atoms with Gasteiger partial charge >= 0.3 is 6.36 Å². The molecule has 0 aromatic carbocycles. The van der Waals surface area contributed by atoms with Crippen LogP contribution in [0.25, 0.3) is 0 Å². The number of halogens is 4. The molecule has 5 heteroatoms. The lowest BCUT2D eigenvalue weighted by atomic mass is 9.68. The van der Waals surface area contributed by atoms with E-state index < -0.39 is 6.36 Å². The summed E-state index contributed by atoms with van der Waals surface area (Å²) in [5.74, 6) is 1.82. The van der Waals surface area contributed by atoms with Gasteiger partial charge in [0.15, 0.2) is 0 Å². The maximum atomic E-state index is 12.1. The minimum Gasteiger partial charge on any atom is -0.292 e. The van der Waals surface area contributed by atoms with Crippen LogP contribution < -0.4 is 0 Å². The number of alkyl halides is 4. The molecule has 2 aliphatic carbocycles. The van der Waals surface area contributed by atoms with Gasteiger partial charge in [0.2, 0.25) is 0 Å². The average molecular weight is 339 g/mol. The lowest BCUT2D eigenvalue weighted by Crippen LogP contribution is -2.34. The van der Waals surface area contributed by atoms with Crippen LogP contribution in [0.2, 0.25) is 0 Å². The summed E-state index contributed by atoms with van der Waals surface area (Å²) in [7, 11) is 0. The molecular weight excluding hydrogens is 313 g/mol. The van der Waals surface area contributed by atoms with Gasteiger partial charge in [-0.05, 0) is 75.0 Å². The zero-order valence-electron chi connectivity index (χ0n) is 13.0. The lowest BCUT2D eigenvalue weighted by molar-refractivity contribution is -0.329. The second-order valence-corrected chi connectivity index (χ2v) is 7.48. The van der Waals surface area contributed by atoms with Crippen molar-refractivity contribution in [3.63, 3.8) is 0 Å². The molecule has 0 aromatic rings. The first-order valence-electron chi connectivity index (χ1n) is 8.34. The Morgan fingerprint density at radius 3 is 2.23 bits per heavy atom. The third kappa shape index (κ3) is 5.45. The van der Waals surface area contributed by atoms with Crippen molar-refractivity contribution in [2.24, 2.45) is 23.7 Å². The van der Waals surface area contributed by atoms with Crippen molar-refractivity contribution in [1.82, 2.24) is 0 Å². The van der Waals surface area contributed by atoms with E-state index in [2.05, 4.69) is 11.3 Å². The van der Waals surface area contributed by atoms with Gasteiger partial charge in [-0.15, -0.1) is 31.4 Å². The van der Waals surface area contributed by atoms with Gasteiger partial charge in [0.1, 0.15) is 0 Å². The first kappa shape index (κ1) is 18.1. The molecule has 0 bridgehead atoms. The van der Waals surface area contributed by atoms with Crippen molar-refractivity contribution in [3.05, 3.63) is 12.7 Å². The lowest BCUT2D eigenvalue weighted by Gasteiger charge is -2.40. The van der Waals surface area contributed by atoms with Crippen molar-refractivity contribution in [3.8, 4) is 0 Å². The van der Waals surface area contributed by atoms with E-state index in [9.17, 15) is 13.2 Å². The van der Waals surface area contributed by atoms with Crippen LogP contribution in [0.1, 0.15) is 51.4 Å². The van der Waals surface area contributed by atoms with E-state index in [1.807, 2.05) is 6.08 Å². The van der Waals surface area contributed by atoms with Crippen LogP contribution in [0.3, 0.4) is 0 Å². The predicted molar refractivity (Wildman–Crippen MR) is 82.7 cm³/mol. The Morgan fingerprint density at radius 1 is 1.05 bits per heavy atom. The van der Waals surface area contributed by atoms with Gasteiger partial charge in [0.25, 0.3) is 0 Å². The number of hydrogen-bond acceptors (Lipinski definition) is 1. The highest BCUT2D eigenvalue weighted by Crippen LogP contribution is 2.44. The second-order valence-electron chi connectivity index (χ2n) is 6.92. The first-order valence-corrected chi connectivity index (χ1v) is 8.78. The predicted octanol–water partition coefficient (Wildman–Crippen LogP) is 5.93. The molecule has 0 N–H and O–H groups in total. The van der Waals surface area contributed by atoms with Crippen LogP contribution in [0.15, 0.2) is 12.7 Å². The maximum absolute atomic E-state index is 12.1. The Kier molecular flexibility index (Phi) is 6.63. The topological polar surface area (TPSA) is 9.23 Å². The highest BCUT2D eigenvalue weighted by molar-refractivity contribution is 6.20. The van der Waals surface area contributed by atoms with Crippen LogP contribution in [-0.4, -0.2) is 18.3 Å². The van der Waals surface area contributed by atoms with Crippen molar-refractivity contribution < 1.29 is 17.9 Å². The third-order valence-electron chi connectivity index (χ3n) is 5.41. The van der Waals surface area contributed by atoms with E-state index in [0.29, 0.717) is 17.8 Å². The van der Waals surface area contributed by atoms with E-state index >= 15 is 0 Å². The molecular formula is C17H26ClF3O. The SMILES string of the molecule is C=CCC1CCC(C2CCC(COC(F)(F)F)CC2)C(Cl)C1. The summed E-state index contributed by atoms with van der Waals surface area (Å²) in [4.78, 5) is 0. The minimum absolute atomic E-state index is 0.0451. The quantitative estimate of drug-likeness (QED) is 0.446. The smallest absolute Gasteiger partial charge is 0.292 e. The largest absolute Gasteiger partial charge is 0.522 e. The second kappa shape index (κ2) is 8.05. The fourth-order valence-electron chi connectivity index (χ4n) is 4.20. The van der Waals surface area contributed by atoms with E-state index in [1.54, 1.807) is 0 Å². The Hall–Kier alpha value is -0.220. The summed E-state index contributed by atoms with van der Waals surface area (Å²) < 4.78 is 40.2. The van der Waals surface area contributed by atoms with E-state index in [-0.39, 0.29) is 17.9 Å².